The number of nitrogens with two attached hydrogens (primary N) is 1. The summed E-state index contributed by atoms with van der Waals surface area (Å²) in [5.74, 6) is 7.04. The number of hydrogen-bond donors (Lipinski definition) is 1. The maximum Gasteiger partial charge on any atom is 0.119 e. The van der Waals surface area contributed by atoms with Crippen LogP contribution in [0.2, 0.25) is 0 Å². The highest BCUT2D eigenvalue weighted by molar-refractivity contribution is 5.45. The molecule has 21 heavy (non-hydrogen) atoms. The van der Waals surface area contributed by atoms with Gasteiger partial charge in [0.1, 0.15) is 5.75 Å². The second-order valence-electron chi connectivity index (χ2n) is 5.83. The zero-order chi connectivity index (χ0) is 15.2. The van der Waals surface area contributed by atoms with Crippen molar-refractivity contribution >= 4 is 0 Å². The van der Waals surface area contributed by atoms with Crippen molar-refractivity contribution in [1.29, 1.82) is 0 Å². The average Bonchev–Trinajstić information content (AvgIpc) is 2.49. The van der Waals surface area contributed by atoms with E-state index in [1.165, 1.54) is 24.8 Å². The van der Waals surface area contributed by atoms with Crippen molar-refractivity contribution in [1.82, 2.24) is 4.90 Å². The lowest BCUT2D eigenvalue weighted by Crippen LogP contribution is -2.43. The van der Waals surface area contributed by atoms with Gasteiger partial charge in [-0.2, -0.15) is 0 Å². The summed E-state index contributed by atoms with van der Waals surface area (Å²) in [6.07, 6.45) is 3.88. The molecule has 2 N–H and O–H groups in total. The molecule has 0 aliphatic carbocycles. The molecule has 1 saturated heterocycles. The van der Waals surface area contributed by atoms with Crippen LogP contribution < -0.4 is 10.5 Å². The summed E-state index contributed by atoms with van der Waals surface area (Å²) in [6.45, 7) is 5.96. The first-order valence-electron chi connectivity index (χ1n) is 7.77. The van der Waals surface area contributed by atoms with E-state index in [1.54, 1.807) is 7.11 Å². The van der Waals surface area contributed by atoms with Crippen LogP contribution in [0.4, 0.5) is 0 Å². The maximum absolute atomic E-state index is 5.50. The predicted octanol–water partition coefficient (Wildman–Crippen LogP) is 2.77. The Balaban J connectivity index is 2.27. The molecule has 1 aliphatic rings. The monoisotopic (exact) mass is 286 g/mol. The van der Waals surface area contributed by atoms with Crippen molar-refractivity contribution in [2.24, 2.45) is 5.73 Å². The Labute approximate surface area is 128 Å². The highest BCUT2D eigenvalue weighted by atomic mass is 16.5. The molecule has 1 heterocycles. The minimum atomic E-state index is 0.391. The topological polar surface area (TPSA) is 38.5 Å². The molecule has 0 aromatic heterocycles. The highest BCUT2D eigenvalue weighted by Crippen LogP contribution is 2.27. The lowest BCUT2D eigenvalue weighted by Gasteiger charge is -2.39. The quantitative estimate of drug-likeness (QED) is 0.868. The fraction of sp³-hybridized carbons (Fsp3) is 0.556. The molecule has 1 aliphatic heterocycles. The second-order valence-corrected chi connectivity index (χ2v) is 5.83. The van der Waals surface area contributed by atoms with E-state index >= 15 is 0 Å². The maximum atomic E-state index is 5.50. The lowest BCUT2D eigenvalue weighted by atomic mass is 9.96. The number of piperidine rings is 1. The van der Waals surface area contributed by atoms with Crippen LogP contribution in [-0.2, 0) is 6.54 Å². The molecular formula is C18H26N2O. The fourth-order valence-corrected chi connectivity index (χ4v) is 3.08. The van der Waals surface area contributed by atoms with Crippen LogP contribution >= 0.6 is 0 Å². The largest absolute Gasteiger partial charge is 0.497 e. The Morgan fingerprint density at radius 2 is 2.00 bits per heavy atom. The number of hydrogen-bond acceptors (Lipinski definition) is 3. The van der Waals surface area contributed by atoms with Gasteiger partial charge in [0, 0.05) is 24.2 Å². The molecule has 1 fully saturated rings. The number of ether oxygens (including phenoxy) is 1. The smallest absolute Gasteiger partial charge is 0.119 e. The van der Waals surface area contributed by atoms with Crippen molar-refractivity contribution in [3.8, 4) is 17.6 Å². The van der Waals surface area contributed by atoms with Gasteiger partial charge in [-0.15, -0.1) is 0 Å². The Hall–Kier alpha value is -1.50. The van der Waals surface area contributed by atoms with Gasteiger partial charge in [-0.25, -0.2) is 0 Å². The van der Waals surface area contributed by atoms with Crippen molar-refractivity contribution in [3.63, 3.8) is 0 Å². The molecule has 1 aromatic carbocycles. The number of nitrogens with zero attached hydrogens (tertiary/aromatic N) is 1. The predicted molar refractivity (Wildman–Crippen MR) is 87.2 cm³/mol. The summed E-state index contributed by atoms with van der Waals surface area (Å²) in [7, 11) is 1.70. The molecule has 3 heteroatoms. The van der Waals surface area contributed by atoms with Gasteiger partial charge < -0.3 is 10.5 Å². The van der Waals surface area contributed by atoms with E-state index in [1.807, 2.05) is 12.1 Å². The van der Waals surface area contributed by atoms with Gasteiger partial charge in [0.25, 0.3) is 0 Å². The third kappa shape index (κ3) is 4.00. The van der Waals surface area contributed by atoms with E-state index in [0.717, 1.165) is 17.9 Å². The number of benzene rings is 1. The van der Waals surface area contributed by atoms with Crippen LogP contribution in [0.1, 0.15) is 44.2 Å². The summed E-state index contributed by atoms with van der Waals surface area (Å²) in [4.78, 5) is 2.58. The number of likely N-dealkylation sites (tertiary alicyclic amines) is 1. The third-order valence-corrected chi connectivity index (χ3v) is 4.37. The lowest BCUT2D eigenvalue weighted by molar-refractivity contribution is 0.0951. The van der Waals surface area contributed by atoms with Crippen LogP contribution in [0.15, 0.2) is 18.2 Å². The molecule has 0 radical (unpaired) electrons. The Morgan fingerprint density at radius 1 is 1.29 bits per heavy atom. The molecular weight excluding hydrogens is 260 g/mol. The van der Waals surface area contributed by atoms with E-state index in [-0.39, 0.29) is 0 Å². The Morgan fingerprint density at radius 3 is 2.62 bits per heavy atom. The van der Waals surface area contributed by atoms with Crippen LogP contribution in [0.3, 0.4) is 0 Å². The first-order valence-corrected chi connectivity index (χ1v) is 7.77. The van der Waals surface area contributed by atoms with E-state index in [0.29, 0.717) is 18.6 Å². The Kier molecular flexibility index (Phi) is 5.67. The van der Waals surface area contributed by atoms with Crippen molar-refractivity contribution in [3.05, 3.63) is 29.3 Å². The van der Waals surface area contributed by atoms with Crippen LogP contribution in [0.25, 0.3) is 0 Å². The molecule has 1 aromatic rings. The van der Waals surface area contributed by atoms with Gasteiger partial charge in [0.2, 0.25) is 0 Å². The van der Waals surface area contributed by atoms with E-state index in [9.17, 15) is 0 Å². The minimum Gasteiger partial charge on any atom is -0.497 e. The van der Waals surface area contributed by atoms with Gasteiger partial charge >= 0.3 is 0 Å². The second kappa shape index (κ2) is 7.49. The van der Waals surface area contributed by atoms with E-state index in [4.69, 9.17) is 10.5 Å². The zero-order valence-corrected chi connectivity index (χ0v) is 13.4. The van der Waals surface area contributed by atoms with Crippen LogP contribution in [0.5, 0.6) is 5.75 Å². The summed E-state index contributed by atoms with van der Waals surface area (Å²) in [5.41, 5.74) is 7.80. The average molecular weight is 286 g/mol. The van der Waals surface area contributed by atoms with Crippen molar-refractivity contribution < 1.29 is 4.74 Å². The summed E-state index contributed by atoms with van der Waals surface area (Å²) >= 11 is 0. The van der Waals surface area contributed by atoms with Crippen LogP contribution in [-0.4, -0.2) is 30.6 Å². The molecule has 114 valence electrons. The highest BCUT2D eigenvalue weighted by Gasteiger charge is 2.25. The standard InChI is InChI=1S/C18H26N2O/c1-14-6-4-7-15(2)20(14)13-17-12-18(21-3)10-9-16(17)8-5-11-19/h9-10,12,14-15H,4,6-7,11,13,19H2,1-3H3. The minimum absolute atomic E-state index is 0.391. The van der Waals surface area contributed by atoms with E-state index < -0.39 is 0 Å². The molecule has 2 rings (SSSR count). The Bertz CT molecular complexity index is 520. The first-order chi connectivity index (χ1) is 10.2. The number of rotatable bonds is 3. The van der Waals surface area contributed by atoms with Gasteiger partial charge in [0.15, 0.2) is 0 Å². The first kappa shape index (κ1) is 15.9. The molecule has 0 bridgehead atoms. The van der Waals surface area contributed by atoms with Crippen molar-refractivity contribution in [2.75, 3.05) is 13.7 Å². The molecule has 3 nitrogen and oxygen atoms in total. The molecule has 0 spiro atoms. The van der Waals surface area contributed by atoms with Gasteiger partial charge in [-0.1, -0.05) is 18.3 Å². The van der Waals surface area contributed by atoms with Crippen LogP contribution in [0, 0.1) is 11.8 Å². The fourth-order valence-electron chi connectivity index (χ4n) is 3.08. The SMILES string of the molecule is COc1ccc(C#CCN)c(CN2C(C)CCCC2C)c1. The zero-order valence-electron chi connectivity index (χ0n) is 13.4. The molecule has 0 amide bonds. The number of methoxy groups -OCH3 is 1. The molecule has 0 saturated carbocycles. The molecule has 2 unspecified atom stereocenters. The summed E-state index contributed by atoms with van der Waals surface area (Å²) in [5, 5.41) is 0. The van der Waals surface area contributed by atoms with E-state index in [2.05, 4.69) is 36.7 Å². The normalized spacial score (nSPS) is 22.5. The van der Waals surface area contributed by atoms with Crippen molar-refractivity contribution in [2.45, 2.75) is 51.7 Å². The summed E-state index contributed by atoms with van der Waals surface area (Å²) in [6, 6.07) is 7.35. The summed E-state index contributed by atoms with van der Waals surface area (Å²) < 4.78 is 5.37. The third-order valence-electron chi connectivity index (χ3n) is 4.37. The van der Waals surface area contributed by atoms with Gasteiger partial charge in [0.05, 0.1) is 13.7 Å². The van der Waals surface area contributed by atoms with Gasteiger partial charge in [-0.3, -0.25) is 4.90 Å². The van der Waals surface area contributed by atoms with Gasteiger partial charge in [-0.05, 0) is 50.5 Å². The molecule has 2 atom stereocenters.